The Morgan fingerprint density at radius 3 is 2.80 bits per heavy atom. The number of carbonyl (C=O) groups is 1. The van der Waals surface area contributed by atoms with Gasteiger partial charge in [-0.1, -0.05) is 30.3 Å². The lowest BCUT2D eigenvalue weighted by Crippen LogP contribution is -2.63. The summed E-state index contributed by atoms with van der Waals surface area (Å²) in [5.74, 6) is 1.00. The van der Waals surface area contributed by atoms with Crippen molar-refractivity contribution in [3.63, 3.8) is 0 Å². The Morgan fingerprint density at radius 1 is 1.30 bits per heavy atom. The third-order valence-corrected chi connectivity index (χ3v) is 6.48. The number of hydrogen-bond donors (Lipinski definition) is 1. The van der Waals surface area contributed by atoms with Crippen LogP contribution in [-0.2, 0) is 21.5 Å². The molecule has 0 atom stereocenters. The topological polar surface area (TPSA) is 88.9 Å². The van der Waals surface area contributed by atoms with Gasteiger partial charge >= 0.3 is 0 Å². The zero-order valence-electron chi connectivity index (χ0n) is 17.2. The average Bonchev–Trinajstić information content (AvgIpc) is 3.38. The summed E-state index contributed by atoms with van der Waals surface area (Å²) < 4.78 is 7.24. The molecule has 2 saturated heterocycles. The Kier molecular flexibility index (Phi) is 4.47. The van der Waals surface area contributed by atoms with Gasteiger partial charge < -0.3 is 14.6 Å². The molecule has 0 saturated carbocycles. The zero-order valence-corrected chi connectivity index (χ0v) is 17.2. The molecule has 30 heavy (non-hydrogen) atoms. The quantitative estimate of drug-likeness (QED) is 0.657. The van der Waals surface area contributed by atoms with Crippen molar-refractivity contribution < 1.29 is 9.53 Å². The normalized spacial score (nSPS) is 20.1. The molecular weight excluding hydrogens is 380 g/mol. The molecule has 0 unspecified atom stereocenters. The van der Waals surface area contributed by atoms with Crippen molar-refractivity contribution >= 4 is 16.9 Å². The minimum atomic E-state index is -0.488. The molecule has 3 aromatic rings. The second kappa shape index (κ2) is 7.05. The number of H-pyrrole nitrogens is 1. The first-order valence-electron chi connectivity index (χ1n) is 10.4. The molecule has 156 valence electrons. The fourth-order valence-electron chi connectivity index (χ4n) is 4.54. The van der Waals surface area contributed by atoms with Gasteiger partial charge in [-0.3, -0.25) is 4.79 Å². The van der Waals surface area contributed by atoms with E-state index >= 15 is 0 Å². The summed E-state index contributed by atoms with van der Waals surface area (Å²) in [6.07, 6.45) is 5.19. The largest absolute Gasteiger partial charge is 0.381 e. The number of benzene rings is 1. The summed E-state index contributed by atoms with van der Waals surface area (Å²) in [5.41, 5.74) is 2.19. The van der Waals surface area contributed by atoms with Crippen LogP contribution in [0.25, 0.3) is 11.0 Å². The molecule has 2 aliphatic heterocycles. The van der Waals surface area contributed by atoms with Gasteiger partial charge in [-0.15, -0.1) is 11.7 Å². The number of aromatic nitrogens is 5. The van der Waals surface area contributed by atoms with Gasteiger partial charge in [0.25, 0.3) is 0 Å². The highest BCUT2D eigenvalue weighted by Crippen LogP contribution is 2.40. The van der Waals surface area contributed by atoms with Crippen LogP contribution >= 0.6 is 0 Å². The van der Waals surface area contributed by atoms with E-state index in [0.29, 0.717) is 45.7 Å². The van der Waals surface area contributed by atoms with E-state index in [1.165, 1.54) is 0 Å². The highest BCUT2D eigenvalue weighted by Gasteiger charge is 2.49. The number of imidazole rings is 1. The van der Waals surface area contributed by atoms with Gasteiger partial charge in [-0.2, -0.15) is 0 Å². The van der Waals surface area contributed by atoms with Gasteiger partial charge in [-0.25, -0.2) is 9.67 Å². The van der Waals surface area contributed by atoms with E-state index in [9.17, 15) is 4.79 Å². The molecule has 5 rings (SSSR count). The van der Waals surface area contributed by atoms with Gasteiger partial charge in [0.05, 0.1) is 22.1 Å². The molecular formula is C22H26N6O2. The number of hydrogen-bond acceptors (Lipinski definition) is 5. The minimum absolute atomic E-state index is 0.160. The molecule has 0 spiro atoms. The van der Waals surface area contributed by atoms with Gasteiger partial charge in [0.1, 0.15) is 12.4 Å². The van der Waals surface area contributed by atoms with Crippen LogP contribution in [0.2, 0.25) is 0 Å². The number of nitrogens with one attached hydrogen (secondary N) is 1. The second-order valence-electron chi connectivity index (χ2n) is 8.70. The lowest BCUT2D eigenvalue weighted by Gasteiger charge is -2.50. The maximum atomic E-state index is 13.1. The number of likely N-dealkylation sites (tertiary alicyclic amines) is 1. The Morgan fingerprint density at radius 2 is 2.07 bits per heavy atom. The standard InChI is InChI=1S/C22H26N6O2/c1-3-22(8-10-30-11-9-22)20(29)27-14-21(2,15-27)18-12-28(26-25-18)13-19-23-16-6-4-5-7-17(16)24-19/h3-7,12H,1,8-11,13-15H2,2H3,(H,23,24). The van der Waals surface area contributed by atoms with Gasteiger partial charge in [0, 0.05) is 37.9 Å². The first-order valence-corrected chi connectivity index (χ1v) is 10.4. The zero-order chi connectivity index (χ0) is 20.8. The van der Waals surface area contributed by atoms with Crippen LogP contribution in [0.1, 0.15) is 31.3 Å². The molecule has 4 heterocycles. The summed E-state index contributed by atoms with van der Waals surface area (Å²) in [6.45, 7) is 9.11. The van der Waals surface area contributed by atoms with Crippen LogP contribution in [0.15, 0.2) is 43.1 Å². The van der Waals surface area contributed by atoms with Crippen LogP contribution < -0.4 is 0 Å². The molecule has 1 aromatic carbocycles. The molecule has 2 aliphatic rings. The Bertz CT molecular complexity index is 1050. The van der Waals surface area contributed by atoms with Gasteiger partial charge in [0.2, 0.25) is 5.91 Å². The third kappa shape index (κ3) is 3.11. The van der Waals surface area contributed by atoms with Crippen molar-refractivity contribution in [2.24, 2.45) is 5.41 Å². The fraction of sp³-hybridized carbons (Fsp3) is 0.455. The smallest absolute Gasteiger partial charge is 0.232 e. The summed E-state index contributed by atoms with van der Waals surface area (Å²) in [6, 6.07) is 7.95. The number of ether oxygens (including phenoxy) is 1. The highest BCUT2D eigenvalue weighted by molar-refractivity contribution is 5.86. The molecule has 8 heteroatoms. The average molecular weight is 406 g/mol. The summed E-state index contributed by atoms with van der Waals surface area (Å²) in [5, 5.41) is 8.69. The Labute approximate surface area is 174 Å². The first kappa shape index (κ1) is 19.0. The van der Waals surface area contributed by atoms with E-state index < -0.39 is 5.41 Å². The van der Waals surface area contributed by atoms with Crippen molar-refractivity contribution in [3.05, 3.63) is 54.6 Å². The van der Waals surface area contributed by atoms with E-state index in [1.807, 2.05) is 41.4 Å². The molecule has 8 nitrogen and oxygen atoms in total. The summed E-state index contributed by atoms with van der Waals surface area (Å²) in [4.78, 5) is 23.0. The Hall–Kier alpha value is -3.00. The highest BCUT2D eigenvalue weighted by atomic mass is 16.5. The number of para-hydroxylation sites is 2. The predicted octanol–water partition coefficient (Wildman–Crippen LogP) is 2.29. The first-order chi connectivity index (χ1) is 14.5. The van der Waals surface area contributed by atoms with Crippen molar-refractivity contribution in [1.82, 2.24) is 29.9 Å². The maximum Gasteiger partial charge on any atom is 0.232 e. The van der Waals surface area contributed by atoms with Crippen LogP contribution in [-0.4, -0.2) is 62.1 Å². The van der Waals surface area contributed by atoms with Crippen LogP contribution in [0.5, 0.6) is 0 Å². The minimum Gasteiger partial charge on any atom is -0.381 e. The number of nitrogens with zero attached hydrogens (tertiary/aromatic N) is 5. The van der Waals surface area contributed by atoms with Crippen LogP contribution in [0.4, 0.5) is 0 Å². The van der Waals surface area contributed by atoms with Crippen molar-refractivity contribution in [3.8, 4) is 0 Å². The number of fused-ring (bicyclic) bond motifs is 1. The van der Waals surface area contributed by atoms with E-state index in [0.717, 1.165) is 22.6 Å². The van der Waals surface area contributed by atoms with Gasteiger partial charge in [-0.05, 0) is 25.0 Å². The third-order valence-electron chi connectivity index (χ3n) is 6.48. The summed E-state index contributed by atoms with van der Waals surface area (Å²) >= 11 is 0. The molecule has 0 radical (unpaired) electrons. The van der Waals surface area contributed by atoms with Crippen molar-refractivity contribution in [2.75, 3.05) is 26.3 Å². The van der Waals surface area contributed by atoms with E-state index in [-0.39, 0.29) is 11.3 Å². The number of aromatic amines is 1. The number of rotatable bonds is 5. The van der Waals surface area contributed by atoms with Crippen molar-refractivity contribution in [2.45, 2.75) is 31.7 Å². The van der Waals surface area contributed by atoms with Gasteiger partial charge in [0.15, 0.2) is 0 Å². The monoisotopic (exact) mass is 406 g/mol. The van der Waals surface area contributed by atoms with E-state index in [4.69, 9.17) is 4.74 Å². The molecule has 1 amide bonds. The molecule has 0 bridgehead atoms. The molecule has 1 N–H and O–H groups in total. The van der Waals surface area contributed by atoms with E-state index in [2.05, 4.69) is 33.8 Å². The molecule has 2 aromatic heterocycles. The molecule has 0 aliphatic carbocycles. The molecule has 2 fully saturated rings. The number of amides is 1. The lowest BCUT2D eigenvalue weighted by molar-refractivity contribution is -0.151. The van der Waals surface area contributed by atoms with Crippen molar-refractivity contribution in [1.29, 1.82) is 0 Å². The predicted molar refractivity (Wildman–Crippen MR) is 112 cm³/mol. The summed E-state index contributed by atoms with van der Waals surface area (Å²) in [7, 11) is 0. The Balaban J connectivity index is 1.26. The fourth-order valence-corrected chi connectivity index (χ4v) is 4.54. The number of carbonyl (C=O) groups excluding carboxylic acids is 1. The lowest BCUT2D eigenvalue weighted by atomic mass is 9.74. The van der Waals surface area contributed by atoms with Crippen LogP contribution in [0, 0.1) is 5.41 Å². The maximum absolute atomic E-state index is 13.1. The van der Waals surface area contributed by atoms with Crippen LogP contribution in [0.3, 0.4) is 0 Å². The second-order valence-corrected chi connectivity index (χ2v) is 8.70. The SMILES string of the molecule is C=CC1(C(=O)N2CC(C)(c3cn(Cc4nc5ccccc5[nH]4)nn3)C2)CCOCC1. The van der Waals surface area contributed by atoms with E-state index in [1.54, 1.807) is 4.68 Å².